The van der Waals surface area contributed by atoms with E-state index >= 15 is 0 Å². The second kappa shape index (κ2) is 6.60. The zero-order valence-corrected chi connectivity index (χ0v) is 11.4. The van der Waals surface area contributed by atoms with Crippen LogP contribution in [-0.2, 0) is 11.3 Å². The second-order valence-electron chi connectivity index (χ2n) is 4.63. The fraction of sp³-hybridized carbons (Fsp3) is 0.667. The fourth-order valence-electron chi connectivity index (χ4n) is 1.69. The molecule has 19 heavy (non-hydrogen) atoms. The van der Waals surface area contributed by atoms with Crippen LogP contribution in [0.15, 0.2) is 12.4 Å². The number of halogens is 2. The maximum absolute atomic E-state index is 12.6. The Kier molecular flexibility index (Phi) is 5.41. The number of hydrogen-bond acceptors (Lipinski definition) is 3. The van der Waals surface area contributed by atoms with E-state index in [-0.39, 0.29) is 24.2 Å². The molecule has 0 aromatic carbocycles. The lowest BCUT2D eigenvalue weighted by Crippen LogP contribution is -2.45. The smallest absolute Gasteiger partial charge is 0.319 e. The summed E-state index contributed by atoms with van der Waals surface area (Å²) in [5.41, 5.74) is 5.83. The minimum absolute atomic E-state index is 0.0142. The first kappa shape index (κ1) is 15.6. The molecule has 1 heterocycles. The Bertz CT molecular complexity index is 422. The van der Waals surface area contributed by atoms with Crippen molar-refractivity contribution in [1.29, 1.82) is 0 Å². The van der Waals surface area contributed by atoms with Gasteiger partial charge in [-0.2, -0.15) is 8.78 Å². The van der Waals surface area contributed by atoms with Crippen LogP contribution in [0.2, 0.25) is 0 Å². The number of hydrogen-bond donors (Lipinski definition) is 1. The monoisotopic (exact) mass is 274 g/mol. The van der Waals surface area contributed by atoms with Crippen LogP contribution in [0.5, 0.6) is 0 Å². The number of rotatable bonds is 6. The van der Waals surface area contributed by atoms with Crippen molar-refractivity contribution in [2.75, 3.05) is 7.05 Å². The summed E-state index contributed by atoms with van der Waals surface area (Å²) in [7, 11) is 1.54. The van der Waals surface area contributed by atoms with Gasteiger partial charge >= 0.3 is 6.55 Å². The minimum atomic E-state index is -2.66. The molecule has 0 bridgehead atoms. The third-order valence-electron chi connectivity index (χ3n) is 3.26. The Hall–Kier alpha value is -1.50. The van der Waals surface area contributed by atoms with E-state index in [1.807, 2.05) is 13.8 Å². The topological polar surface area (TPSA) is 64.2 Å². The highest BCUT2D eigenvalue weighted by atomic mass is 19.3. The van der Waals surface area contributed by atoms with E-state index in [9.17, 15) is 13.6 Å². The summed E-state index contributed by atoms with van der Waals surface area (Å²) in [6, 6.07) is -0.620. The van der Waals surface area contributed by atoms with Gasteiger partial charge < -0.3 is 10.6 Å². The Morgan fingerprint density at radius 3 is 2.74 bits per heavy atom. The molecule has 2 unspecified atom stereocenters. The summed E-state index contributed by atoms with van der Waals surface area (Å²) in [5.74, 6) is -0.0786. The first-order valence-electron chi connectivity index (χ1n) is 6.18. The largest absolute Gasteiger partial charge is 0.337 e. The minimum Gasteiger partial charge on any atom is -0.337 e. The molecule has 0 saturated heterocycles. The van der Waals surface area contributed by atoms with Crippen molar-refractivity contribution >= 4 is 5.91 Å². The van der Waals surface area contributed by atoms with Gasteiger partial charge in [-0.1, -0.05) is 20.3 Å². The Morgan fingerprint density at radius 2 is 2.21 bits per heavy atom. The van der Waals surface area contributed by atoms with Gasteiger partial charge in [0.15, 0.2) is 0 Å². The number of nitrogens with zero attached hydrogens (tertiary/aromatic N) is 3. The fourth-order valence-corrected chi connectivity index (χ4v) is 1.69. The molecule has 0 fully saturated rings. The van der Waals surface area contributed by atoms with E-state index in [1.54, 1.807) is 0 Å². The number of aromatic nitrogens is 2. The highest BCUT2D eigenvalue weighted by Gasteiger charge is 2.24. The lowest BCUT2D eigenvalue weighted by molar-refractivity contribution is -0.133. The van der Waals surface area contributed by atoms with Crippen LogP contribution in [0, 0.1) is 5.92 Å². The summed E-state index contributed by atoms with van der Waals surface area (Å²) in [5, 5.41) is 0. The number of nitrogens with two attached hydrogens (primary N) is 1. The van der Waals surface area contributed by atoms with Gasteiger partial charge in [-0.15, -0.1) is 0 Å². The number of likely N-dealkylation sites (N-methyl/N-ethyl adjacent to an activating group) is 1. The maximum Gasteiger partial charge on any atom is 0.319 e. The molecule has 5 nitrogen and oxygen atoms in total. The first-order valence-corrected chi connectivity index (χ1v) is 6.18. The van der Waals surface area contributed by atoms with E-state index in [0.717, 1.165) is 11.0 Å². The molecule has 0 spiro atoms. The Balaban J connectivity index is 2.71. The zero-order chi connectivity index (χ0) is 14.6. The number of carbonyl (C=O) groups excluding carboxylic acids is 1. The van der Waals surface area contributed by atoms with E-state index in [1.165, 1.54) is 24.3 Å². The van der Waals surface area contributed by atoms with Crippen molar-refractivity contribution in [1.82, 2.24) is 14.5 Å². The molecule has 1 aromatic rings. The van der Waals surface area contributed by atoms with Crippen molar-refractivity contribution in [2.45, 2.75) is 39.4 Å². The van der Waals surface area contributed by atoms with Gasteiger partial charge in [-0.3, -0.25) is 9.36 Å². The summed E-state index contributed by atoms with van der Waals surface area (Å²) >= 11 is 0. The summed E-state index contributed by atoms with van der Waals surface area (Å²) in [4.78, 5) is 17.2. The SMILES string of the molecule is CCC(C)C(N)C(=O)N(C)Cc1nccn1C(F)F. The summed E-state index contributed by atoms with van der Waals surface area (Å²) < 4.78 is 26.0. The van der Waals surface area contributed by atoms with E-state index in [4.69, 9.17) is 5.73 Å². The lowest BCUT2D eigenvalue weighted by atomic mass is 9.99. The van der Waals surface area contributed by atoms with Gasteiger partial charge in [0.2, 0.25) is 5.91 Å². The molecular formula is C12H20F2N4O. The van der Waals surface area contributed by atoms with Crippen molar-refractivity contribution in [3.05, 3.63) is 18.2 Å². The second-order valence-corrected chi connectivity index (χ2v) is 4.63. The molecule has 108 valence electrons. The molecule has 1 amide bonds. The summed E-state index contributed by atoms with van der Waals surface area (Å²) in [6.45, 7) is 1.18. The number of carbonyl (C=O) groups is 1. The lowest BCUT2D eigenvalue weighted by Gasteiger charge is -2.24. The predicted octanol–water partition coefficient (Wildman–Crippen LogP) is 1.61. The first-order chi connectivity index (χ1) is 8.88. The molecule has 0 aliphatic heterocycles. The molecule has 1 rings (SSSR count). The molecule has 0 aliphatic carbocycles. The summed E-state index contributed by atoms with van der Waals surface area (Å²) in [6.07, 6.45) is 3.26. The molecule has 2 atom stereocenters. The van der Waals surface area contributed by atoms with E-state index in [0.29, 0.717) is 0 Å². The van der Waals surface area contributed by atoms with Crippen LogP contribution in [-0.4, -0.2) is 33.4 Å². The van der Waals surface area contributed by atoms with Crippen molar-refractivity contribution in [2.24, 2.45) is 11.7 Å². The van der Waals surface area contributed by atoms with Gasteiger partial charge in [0.25, 0.3) is 0 Å². The van der Waals surface area contributed by atoms with Crippen LogP contribution in [0.25, 0.3) is 0 Å². The third kappa shape index (κ3) is 3.73. The maximum atomic E-state index is 12.6. The normalized spacial score (nSPS) is 14.5. The average Bonchev–Trinajstić information content (AvgIpc) is 2.84. The van der Waals surface area contributed by atoms with Crippen LogP contribution >= 0.6 is 0 Å². The number of alkyl halides is 2. The van der Waals surface area contributed by atoms with Gasteiger partial charge in [-0.25, -0.2) is 4.98 Å². The Morgan fingerprint density at radius 1 is 1.58 bits per heavy atom. The zero-order valence-electron chi connectivity index (χ0n) is 11.4. The highest BCUT2D eigenvalue weighted by molar-refractivity contribution is 5.81. The molecule has 0 saturated carbocycles. The van der Waals surface area contributed by atoms with Gasteiger partial charge in [0, 0.05) is 19.4 Å². The van der Waals surface area contributed by atoms with E-state index < -0.39 is 12.6 Å². The van der Waals surface area contributed by atoms with Crippen LogP contribution in [0.3, 0.4) is 0 Å². The molecular weight excluding hydrogens is 254 g/mol. The third-order valence-corrected chi connectivity index (χ3v) is 3.26. The van der Waals surface area contributed by atoms with Crippen LogP contribution in [0.1, 0.15) is 32.6 Å². The van der Waals surface area contributed by atoms with Crippen molar-refractivity contribution in [3.63, 3.8) is 0 Å². The molecule has 7 heteroatoms. The van der Waals surface area contributed by atoms with Crippen molar-refractivity contribution in [3.8, 4) is 0 Å². The van der Waals surface area contributed by atoms with Crippen LogP contribution < -0.4 is 5.73 Å². The standard InChI is InChI=1S/C12H20F2N4O/c1-4-8(2)10(15)11(19)17(3)7-9-16-5-6-18(9)12(13)14/h5-6,8,10,12H,4,7,15H2,1-3H3. The highest BCUT2D eigenvalue weighted by Crippen LogP contribution is 2.14. The molecule has 1 aromatic heterocycles. The number of imidazole rings is 1. The molecule has 2 N–H and O–H groups in total. The molecule has 0 aliphatic rings. The quantitative estimate of drug-likeness (QED) is 0.857. The van der Waals surface area contributed by atoms with Gasteiger partial charge in [0.05, 0.1) is 12.6 Å². The van der Waals surface area contributed by atoms with Crippen LogP contribution in [0.4, 0.5) is 8.78 Å². The Labute approximate surface area is 111 Å². The van der Waals surface area contributed by atoms with E-state index in [2.05, 4.69) is 4.98 Å². The van der Waals surface area contributed by atoms with Crippen molar-refractivity contribution < 1.29 is 13.6 Å². The van der Waals surface area contributed by atoms with Gasteiger partial charge in [0.1, 0.15) is 5.82 Å². The van der Waals surface area contributed by atoms with Gasteiger partial charge in [-0.05, 0) is 5.92 Å². The predicted molar refractivity (Wildman–Crippen MR) is 67.4 cm³/mol. The molecule has 0 radical (unpaired) electrons. The number of amides is 1. The average molecular weight is 274 g/mol.